The number of benzene rings is 1. The van der Waals surface area contributed by atoms with Gasteiger partial charge in [-0.3, -0.25) is 14.9 Å². The molecule has 0 aliphatic heterocycles. The second-order valence-electron chi connectivity index (χ2n) is 5.04. The third-order valence-corrected chi connectivity index (χ3v) is 3.97. The summed E-state index contributed by atoms with van der Waals surface area (Å²) in [5.74, 6) is -0.404. The zero-order chi connectivity index (χ0) is 15.8. The van der Waals surface area contributed by atoms with Crippen LogP contribution in [0.3, 0.4) is 0 Å². The van der Waals surface area contributed by atoms with E-state index in [1.165, 1.54) is 12.1 Å². The molecule has 2 N–H and O–H groups in total. The van der Waals surface area contributed by atoms with Crippen LogP contribution in [0.25, 0.3) is 0 Å². The Morgan fingerprint density at radius 2 is 2.19 bits per heavy atom. The van der Waals surface area contributed by atoms with Crippen LogP contribution >= 0.6 is 15.9 Å². The average Bonchev–Trinajstić information content (AvgIpc) is 2.42. The van der Waals surface area contributed by atoms with Gasteiger partial charge in [-0.15, -0.1) is 0 Å². The van der Waals surface area contributed by atoms with E-state index in [4.69, 9.17) is 5.11 Å². The van der Waals surface area contributed by atoms with Gasteiger partial charge < -0.3 is 10.4 Å². The quantitative estimate of drug-likeness (QED) is 0.401. The molecule has 1 rings (SSSR count). The molecule has 0 aliphatic carbocycles. The largest absolute Gasteiger partial charge is 0.481 e. The SMILES string of the molecule is CC(CCNCc1ccc([N+](=O)[O-])cc1Br)CCC(=O)O. The van der Waals surface area contributed by atoms with Gasteiger partial charge in [0, 0.05) is 29.6 Å². The van der Waals surface area contributed by atoms with E-state index in [1.807, 2.05) is 6.92 Å². The average molecular weight is 359 g/mol. The van der Waals surface area contributed by atoms with Crippen LogP contribution in [-0.2, 0) is 11.3 Å². The summed E-state index contributed by atoms with van der Waals surface area (Å²) in [6, 6.07) is 4.70. The third kappa shape index (κ3) is 6.68. The molecule has 0 fully saturated rings. The minimum atomic E-state index is -0.760. The van der Waals surface area contributed by atoms with Crippen molar-refractivity contribution < 1.29 is 14.8 Å². The Balaban J connectivity index is 2.33. The molecule has 0 amide bonds. The second-order valence-corrected chi connectivity index (χ2v) is 5.89. The third-order valence-electron chi connectivity index (χ3n) is 3.23. The van der Waals surface area contributed by atoms with Crippen LogP contribution in [0.5, 0.6) is 0 Å². The molecule has 1 atom stereocenters. The number of aliphatic carboxylic acids is 1. The normalized spacial score (nSPS) is 12.1. The van der Waals surface area contributed by atoms with Crippen molar-refractivity contribution in [3.63, 3.8) is 0 Å². The van der Waals surface area contributed by atoms with Gasteiger partial charge in [0.05, 0.1) is 4.92 Å². The van der Waals surface area contributed by atoms with Crippen LogP contribution in [0.15, 0.2) is 22.7 Å². The van der Waals surface area contributed by atoms with Gasteiger partial charge in [0.1, 0.15) is 0 Å². The van der Waals surface area contributed by atoms with Gasteiger partial charge in [0.15, 0.2) is 0 Å². The number of non-ortho nitro benzene ring substituents is 1. The predicted molar refractivity (Wildman–Crippen MR) is 83.2 cm³/mol. The molecule has 116 valence electrons. The summed E-state index contributed by atoms with van der Waals surface area (Å²) in [5, 5.41) is 22.5. The Morgan fingerprint density at radius 3 is 2.76 bits per heavy atom. The number of nitro benzene ring substituents is 1. The molecule has 0 aliphatic rings. The van der Waals surface area contributed by atoms with Gasteiger partial charge in [-0.1, -0.05) is 22.9 Å². The predicted octanol–water partition coefficient (Wildman–Crippen LogP) is 3.34. The number of nitrogens with zero attached hydrogens (tertiary/aromatic N) is 1. The Hall–Kier alpha value is -1.47. The van der Waals surface area contributed by atoms with E-state index in [0.29, 0.717) is 23.4 Å². The van der Waals surface area contributed by atoms with E-state index in [1.54, 1.807) is 6.07 Å². The summed E-state index contributed by atoms with van der Waals surface area (Å²) >= 11 is 3.33. The highest BCUT2D eigenvalue weighted by molar-refractivity contribution is 9.10. The standard InChI is InChI=1S/C14H19BrN2O4/c1-10(2-5-14(18)19)6-7-16-9-11-3-4-12(17(20)21)8-13(11)15/h3-4,8,10,16H,2,5-7,9H2,1H3,(H,18,19). The van der Waals surface area contributed by atoms with Gasteiger partial charge in [0.2, 0.25) is 0 Å². The van der Waals surface area contributed by atoms with Gasteiger partial charge >= 0.3 is 5.97 Å². The first kappa shape index (κ1) is 17.6. The van der Waals surface area contributed by atoms with E-state index in [9.17, 15) is 14.9 Å². The van der Waals surface area contributed by atoms with Gasteiger partial charge in [-0.2, -0.15) is 0 Å². The molecule has 1 unspecified atom stereocenters. The first-order valence-electron chi connectivity index (χ1n) is 6.75. The first-order valence-corrected chi connectivity index (χ1v) is 7.54. The molecule has 0 saturated heterocycles. The van der Waals surface area contributed by atoms with Crippen molar-refractivity contribution in [3.05, 3.63) is 38.3 Å². The fourth-order valence-corrected chi connectivity index (χ4v) is 2.39. The molecule has 1 aromatic rings. The Labute approximate surface area is 131 Å². The first-order chi connectivity index (χ1) is 9.90. The topological polar surface area (TPSA) is 92.5 Å². The maximum atomic E-state index is 10.6. The zero-order valence-corrected chi connectivity index (χ0v) is 13.4. The van der Waals surface area contributed by atoms with Crippen molar-refractivity contribution in [2.24, 2.45) is 5.92 Å². The molecule has 0 aromatic heterocycles. The lowest BCUT2D eigenvalue weighted by atomic mass is 10.0. The van der Waals surface area contributed by atoms with E-state index < -0.39 is 10.9 Å². The molecule has 6 nitrogen and oxygen atoms in total. The Kier molecular flexibility index (Phi) is 7.31. The molecule has 21 heavy (non-hydrogen) atoms. The Morgan fingerprint density at radius 1 is 1.48 bits per heavy atom. The fourth-order valence-electron chi connectivity index (χ4n) is 1.88. The summed E-state index contributed by atoms with van der Waals surface area (Å²) in [4.78, 5) is 20.7. The van der Waals surface area contributed by atoms with E-state index in [2.05, 4.69) is 21.2 Å². The van der Waals surface area contributed by atoms with Gasteiger partial charge in [-0.25, -0.2) is 0 Å². The van der Waals surface area contributed by atoms with Crippen molar-refractivity contribution >= 4 is 27.6 Å². The fraction of sp³-hybridized carbons (Fsp3) is 0.500. The van der Waals surface area contributed by atoms with E-state index >= 15 is 0 Å². The van der Waals surface area contributed by atoms with Gasteiger partial charge in [-0.05, 0) is 36.9 Å². The highest BCUT2D eigenvalue weighted by Gasteiger charge is 2.09. The highest BCUT2D eigenvalue weighted by atomic mass is 79.9. The van der Waals surface area contributed by atoms with Gasteiger partial charge in [0.25, 0.3) is 5.69 Å². The van der Waals surface area contributed by atoms with Crippen LogP contribution in [0, 0.1) is 16.0 Å². The summed E-state index contributed by atoms with van der Waals surface area (Å²) in [6.07, 6.45) is 1.78. The lowest BCUT2D eigenvalue weighted by Crippen LogP contribution is -2.17. The van der Waals surface area contributed by atoms with Crippen LogP contribution in [0.2, 0.25) is 0 Å². The molecular weight excluding hydrogens is 340 g/mol. The molecule has 0 bridgehead atoms. The molecule has 7 heteroatoms. The zero-order valence-electron chi connectivity index (χ0n) is 11.8. The summed E-state index contributed by atoms with van der Waals surface area (Å²) < 4.78 is 0.711. The van der Waals surface area contributed by atoms with Crippen molar-refractivity contribution in [3.8, 4) is 0 Å². The maximum Gasteiger partial charge on any atom is 0.303 e. The second kappa shape index (κ2) is 8.74. The number of rotatable bonds is 9. The van der Waals surface area contributed by atoms with Crippen LogP contribution in [-0.4, -0.2) is 22.5 Å². The number of carbonyl (C=O) groups is 1. The number of hydrogen-bond acceptors (Lipinski definition) is 4. The van der Waals surface area contributed by atoms with Crippen LogP contribution in [0.4, 0.5) is 5.69 Å². The summed E-state index contributed by atoms with van der Waals surface area (Å²) in [5.41, 5.74) is 1.02. The highest BCUT2D eigenvalue weighted by Crippen LogP contribution is 2.22. The van der Waals surface area contributed by atoms with Crippen molar-refractivity contribution in [1.29, 1.82) is 0 Å². The van der Waals surface area contributed by atoms with E-state index in [-0.39, 0.29) is 12.1 Å². The minimum absolute atomic E-state index is 0.0629. The number of carboxylic acid groups (broad SMARTS) is 1. The minimum Gasteiger partial charge on any atom is -0.481 e. The summed E-state index contributed by atoms with van der Waals surface area (Å²) in [6.45, 7) is 3.43. The van der Waals surface area contributed by atoms with Crippen LogP contribution < -0.4 is 5.32 Å². The molecule has 0 heterocycles. The number of carboxylic acids is 1. The molecule has 0 radical (unpaired) electrons. The lowest BCUT2D eigenvalue weighted by Gasteiger charge is -2.11. The van der Waals surface area contributed by atoms with Crippen LogP contribution in [0.1, 0.15) is 31.7 Å². The number of hydrogen-bond donors (Lipinski definition) is 2. The molecule has 1 aromatic carbocycles. The van der Waals surface area contributed by atoms with Crippen molar-refractivity contribution in [2.45, 2.75) is 32.7 Å². The number of halogens is 1. The number of nitro groups is 1. The molecule has 0 saturated carbocycles. The maximum absolute atomic E-state index is 10.6. The summed E-state index contributed by atoms with van der Waals surface area (Å²) in [7, 11) is 0. The monoisotopic (exact) mass is 358 g/mol. The number of nitrogens with one attached hydrogen (secondary N) is 1. The molecular formula is C14H19BrN2O4. The Bertz CT molecular complexity index is 508. The van der Waals surface area contributed by atoms with E-state index in [0.717, 1.165) is 18.5 Å². The lowest BCUT2D eigenvalue weighted by molar-refractivity contribution is -0.384. The van der Waals surface area contributed by atoms with Crippen molar-refractivity contribution in [1.82, 2.24) is 5.32 Å². The smallest absolute Gasteiger partial charge is 0.303 e. The molecule has 0 spiro atoms. The van der Waals surface area contributed by atoms with Crippen molar-refractivity contribution in [2.75, 3.05) is 6.54 Å².